The standard InChI is InChI=1S/C16H28N2O/c1-11(2)14-10-15(13(5)9-16(14)19-6)18-8-7-17-12(3)4/h9-12,17-18H,7-8H2,1-6H3. The molecule has 0 bridgehead atoms. The molecular weight excluding hydrogens is 236 g/mol. The second kappa shape index (κ2) is 7.39. The van der Waals surface area contributed by atoms with Crippen molar-refractivity contribution in [3.63, 3.8) is 0 Å². The molecular formula is C16H28N2O. The van der Waals surface area contributed by atoms with Crippen LogP contribution in [0, 0.1) is 6.92 Å². The molecule has 0 heterocycles. The number of rotatable bonds is 7. The first-order valence-corrected chi connectivity index (χ1v) is 7.11. The molecule has 0 aliphatic carbocycles. The molecule has 0 fully saturated rings. The number of benzene rings is 1. The highest BCUT2D eigenvalue weighted by Crippen LogP contribution is 2.31. The van der Waals surface area contributed by atoms with Gasteiger partial charge in [0.1, 0.15) is 5.75 Å². The van der Waals surface area contributed by atoms with Crippen LogP contribution in [0.4, 0.5) is 5.69 Å². The Morgan fingerprint density at radius 3 is 2.32 bits per heavy atom. The summed E-state index contributed by atoms with van der Waals surface area (Å²) in [7, 11) is 1.74. The summed E-state index contributed by atoms with van der Waals surface area (Å²) in [5.74, 6) is 1.45. The molecule has 0 radical (unpaired) electrons. The second-order valence-electron chi connectivity index (χ2n) is 5.60. The molecule has 3 heteroatoms. The Morgan fingerprint density at radius 1 is 1.11 bits per heavy atom. The number of methoxy groups -OCH3 is 1. The Bertz CT molecular complexity index is 400. The monoisotopic (exact) mass is 264 g/mol. The van der Waals surface area contributed by atoms with Gasteiger partial charge in [-0.05, 0) is 36.1 Å². The lowest BCUT2D eigenvalue weighted by molar-refractivity contribution is 0.407. The molecule has 1 aromatic rings. The van der Waals surface area contributed by atoms with Crippen LogP contribution in [0.3, 0.4) is 0 Å². The van der Waals surface area contributed by atoms with Crippen LogP contribution >= 0.6 is 0 Å². The fraction of sp³-hybridized carbons (Fsp3) is 0.625. The van der Waals surface area contributed by atoms with Crippen molar-refractivity contribution in [2.45, 2.75) is 46.6 Å². The molecule has 0 saturated heterocycles. The zero-order valence-electron chi connectivity index (χ0n) is 13.1. The van der Waals surface area contributed by atoms with Gasteiger partial charge in [-0.3, -0.25) is 0 Å². The summed E-state index contributed by atoms with van der Waals surface area (Å²) in [5.41, 5.74) is 3.69. The summed E-state index contributed by atoms with van der Waals surface area (Å²) in [6.07, 6.45) is 0. The Kier molecular flexibility index (Phi) is 6.16. The van der Waals surface area contributed by atoms with Crippen LogP contribution in [0.25, 0.3) is 0 Å². The third-order valence-electron chi connectivity index (χ3n) is 3.19. The zero-order valence-corrected chi connectivity index (χ0v) is 13.1. The van der Waals surface area contributed by atoms with E-state index in [1.807, 2.05) is 0 Å². The van der Waals surface area contributed by atoms with Crippen molar-refractivity contribution in [1.82, 2.24) is 5.32 Å². The van der Waals surface area contributed by atoms with Gasteiger partial charge in [-0.15, -0.1) is 0 Å². The van der Waals surface area contributed by atoms with Gasteiger partial charge in [0.15, 0.2) is 0 Å². The minimum atomic E-state index is 0.463. The number of hydrogen-bond donors (Lipinski definition) is 2. The molecule has 0 aromatic heterocycles. The van der Waals surface area contributed by atoms with Gasteiger partial charge in [-0.1, -0.05) is 27.7 Å². The SMILES string of the molecule is COc1cc(C)c(NCCNC(C)C)cc1C(C)C. The van der Waals surface area contributed by atoms with Crippen molar-refractivity contribution in [3.8, 4) is 5.75 Å². The first kappa shape index (κ1) is 15.8. The number of ether oxygens (including phenoxy) is 1. The molecule has 1 rings (SSSR count). The fourth-order valence-electron chi connectivity index (χ4n) is 2.07. The maximum atomic E-state index is 5.46. The van der Waals surface area contributed by atoms with Crippen LogP contribution in [0.2, 0.25) is 0 Å². The van der Waals surface area contributed by atoms with Crippen molar-refractivity contribution < 1.29 is 4.74 Å². The van der Waals surface area contributed by atoms with Gasteiger partial charge in [0.05, 0.1) is 7.11 Å². The van der Waals surface area contributed by atoms with Crippen LogP contribution in [-0.2, 0) is 0 Å². The normalized spacial score (nSPS) is 11.2. The summed E-state index contributed by atoms with van der Waals surface area (Å²) in [6, 6.07) is 4.87. The van der Waals surface area contributed by atoms with Crippen LogP contribution in [-0.4, -0.2) is 26.2 Å². The number of nitrogens with one attached hydrogen (secondary N) is 2. The van der Waals surface area contributed by atoms with Crippen LogP contribution in [0.1, 0.15) is 44.7 Å². The Balaban J connectivity index is 2.75. The van der Waals surface area contributed by atoms with Crippen molar-refractivity contribution in [3.05, 3.63) is 23.3 Å². The van der Waals surface area contributed by atoms with Crippen LogP contribution in [0.5, 0.6) is 5.75 Å². The lowest BCUT2D eigenvalue weighted by atomic mass is 9.99. The number of aryl methyl sites for hydroxylation is 1. The molecule has 0 aliphatic rings. The average Bonchev–Trinajstić information content (AvgIpc) is 2.34. The van der Waals surface area contributed by atoms with E-state index in [1.165, 1.54) is 16.8 Å². The highest BCUT2D eigenvalue weighted by molar-refractivity contribution is 5.58. The highest BCUT2D eigenvalue weighted by atomic mass is 16.5. The summed E-state index contributed by atoms with van der Waals surface area (Å²) in [5, 5.41) is 6.90. The molecule has 0 amide bonds. The smallest absolute Gasteiger partial charge is 0.122 e. The first-order chi connectivity index (χ1) is 8.95. The largest absolute Gasteiger partial charge is 0.496 e. The highest BCUT2D eigenvalue weighted by Gasteiger charge is 2.10. The van der Waals surface area contributed by atoms with E-state index >= 15 is 0 Å². The third kappa shape index (κ3) is 4.75. The van der Waals surface area contributed by atoms with E-state index in [4.69, 9.17) is 4.74 Å². The van der Waals surface area contributed by atoms with Crippen molar-refractivity contribution >= 4 is 5.69 Å². The van der Waals surface area contributed by atoms with Gasteiger partial charge in [0.2, 0.25) is 0 Å². The minimum absolute atomic E-state index is 0.463. The quantitative estimate of drug-likeness (QED) is 0.739. The molecule has 0 saturated carbocycles. The van der Waals surface area contributed by atoms with E-state index < -0.39 is 0 Å². The predicted molar refractivity (Wildman–Crippen MR) is 83.4 cm³/mol. The molecule has 108 valence electrons. The minimum Gasteiger partial charge on any atom is -0.496 e. The Labute approximate surface area is 117 Å². The summed E-state index contributed by atoms with van der Waals surface area (Å²) < 4.78 is 5.46. The van der Waals surface area contributed by atoms with Crippen LogP contribution in [0.15, 0.2) is 12.1 Å². The maximum Gasteiger partial charge on any atom is 0.122 e. The topological polar surface area (TPSA) is 33.3 Å². The van der Waals surface area contributed by atoms with Crippen molar-refractivity contribution in [1.29, 1.82) is 0 Å². The van der Waals surface area contributed by atoms with Gasteiger partial charge in [-0.25, -0.2) is 0 Å². The summed E-state index contributed by atoms with van der Waals surface area (Å²) in [6.45, 7) is 12.7. The van der Waals surface area contributed by atoms with Crippen molar-refractivity contribution in [2.24, 2.45) is 0 Å². The van der Waals surface area contributed by atoms with Crippen LogP contribution < -0.4 is 15.4 Å². The molecule has 0 spiro atoms. The molecule has 0 atom stereocenters. The molecule has 2 N–H and O–H groups in total. The summed E-state index contributed by atoms with van der Waals surface area (Å²) in [4.78, 5) is 0. The first-order valence-electron chi connectivity index (χ1n) is 7.11. The second-order valence-corrected chi connectivity index (χ2v) is 5.60. The van der Waals surface area contributed by atoms with E-state index in [-0.39, 0.29) is 0 Å². The van der Waals surface area contributed by atoms with E-state index in [0.29, 0.717) is 12.0 Å². The van der Waals surface area contributed by atoms with Gasteiger partial charge in [-0.2, -0.15) is 0 Å². The Hall–Kier alpha value is -1.22. The van der Waals surface area contributed by atoms with E-state index in [1.54, 1.807) is 7.11 Å². The fourth-order valence-corrected chi connectivity index (χ4v) is 2.07. The molecule has 3 nitrogen and oxygen atoms in total. The average molecular weight is 264 g/mol. The third-order valence-corrected chi connectivity index (χ3v) is 3.19. The lowest BCUT2D eigenvalue weighted by Crippen LogP contribution is -2.28. The number of anilines is 1. The Morgan fingerprint density at radius 2 is 1.79 bits per heavy atom. The maximum absolute atomic E-state index is 5.46. The van der Waals surface area contributed by atoms with Gasteiger partial charge in [0, 0.05) is 24.8 Å². The summed E-state index contributed by atoms with van der Waals surface area (Å²) >= 11 is 0. The zero-order chi connectivity index (χ0) is 14.4. The van der Waals surface area contributed by atoms with Crippen molar-refractivity contribution in [2.75, 3.05) is 25.5 Å². The number of hydrogen-bond acceptors (Lipinski definition) is 3. The molecule has 1 aromatic carbocycles. The molecule has 19 heavy (non-hydrogen) atoms. The van der Waals surface area contributed by atoms with Gasteiger partial charge < -0.3 is 15.4 Å². The predicted octanol–water partition coefficient (Wildman–Crippen LogP) is 3.54. The van der Waals surface area contributed by atoms with Gasteiger partial charge >= 0.3 is 0 Å². The van der Waals surface area contributed by atoms with E-state index in [0.717, 1.165) is 18.8 Å². The lowest BCUT2D eigenvalue weighted by Gasteiger charge is -2.17. The molecule has 0 aliphatic heterocycles. The van der Waals surface area contributed by atoms with Gasteiger partial charge in [0.25, 0.3) is 0 Å². The van der Waals surface area contributed by atoms with E-state index in [2.05, 4.69) is 57.4 Å². The molecule has 0 unspecified atom stereocenters. The van der Waals surface area contributed by atoms with E-state index in [9.17, 15) is 0 Å².